The van der Waals surface area contributed by atoms with E-state index in [9.17, 15) is 4.79 Å². The summed E-state index contributed by atoms with van der Waals surface area (Å²) in [4.78, 5) is 15.6. The Morgan fingerprint density at radius 3 is 2.93 bits per heavy atom. The van der Waals surface area contributed by atoms with Crippen LogP contribution >= 0.6 is 11.6 Å². The SMILES string of the molecule is O=C(NCc1ccc(Cl)cn1)C1CNC1. The molecule has 0 radical (unpaired) electrons. The number of pyridine rings is 1. The molecule has 2 rings (SSSR count). The number of carbonyl (C=O) groups excluding carboxylic acids is 1. The molecule has 0 unspecified atom stereocenters. The fourth-order valence-corrected chi connectivity index (χ4v) is 1.42. The van der Waals surface area contributed by atoms with Crippen molar-refractivity contribution in [3.8, 4) is 0 Å². The molecule has 1 aliphatic heterocycles. The Morgan fingerprint density at radius 1 is 1.60 bits per heavy atom. The van der Waals surface area contributed by atoms with Crippen LogP contribution in [0.4, 0.5) is 0 Å². The van der Waals surface area contributed by atoms with Gasteiger partial charge < -0.3 is 10.6 Å². The summed E-state index contributed by atoms with van der Waals surface area (Å²) < 4.78 is 0. The summed E-state index contributed by atoms with van der Waals surface area (Å²) in [6, 6.07) is 3.57. The second-order valence-electron chi connectivity index (χ2n) is 3.54. The molecule has 0 bridgehead atoms. The summed E-state index contributed by atoms with van der Waals surface area (Å²) in [6.07, 6.45) is 1.58. The molecule has 4 nitrogen and oxygen atoms in total. The molecule has 0 atom stereocenters. The smallest absolute Gasteiger partial charge is 0.226 e. The van der Waals surface area contributed by atoms with Crippen molar-refractivity contribution in [2.24, 2.45) is 5.92 Å². The summed E-state index contributed by atoms with van der Waals surface area (Å²) in [5.74, 6) is 0.211. The highest BCUT2D eigenvalue weighted by Gasteiger charge is 2.24. The first-order chi connectivity index (χ1) is 7.25. The van der Waals surface area contributed by atoms with Crippen molar-refractivity contribution in [2.75, 3.05) is 13.1 Å². The molecule has 1 aliphatic rings. The lowest BCUT2D eigenvalue weighted by Crippen LogP contribution is -2.50. The van der Waals surface area contributed by atoms with Crippen LogP contribution in [0.25, 0.3) is 0 Å². The van der Waals surface area contributed by atoms with Crippen LogP contribution < -0.4 is 10.6 Å². The Kier molecular flexibility index (Phi) is 3.18. The highest BCUT2D eigenvalue weighted by atomic mass is 35.5. The van der Waals surface area contributed by atoms with Crippen molar-refractivity contribution in [1.29, 1.82) is 0 Å². The van der Waals surface area contributed by atoms with E-state index in [1.165, 1.54) is 0 Å². The van der Waals surface area contributed by atoms with E-state index in [4.69, 9.17) is 11.6 Å². The molecule has 0 saturated carbocycles. The van der Waals surface area contributed by atoms with Gasteiger partial charge >= 0.3 is 0 Å². The van der Waals surface area contributed by atoms with E-state index in [1.54, 1.807) is 12.3 Å². The van der Waals surface area contributed by atoms with E-state index >= 15 is 0 Å². The zero-order chi connectivity index (χ0) is 10.7. The Hall–Kier alpha value is -1.13. The number of aromatic nitrogens is 1. The fraction of sp³-hybridized carbons (Fsp3) is 0.400. The molecule has 0 spiro atoms. The van der Waals surface area contributed by atoms with Crippen LogP contribution in [0.1, 0.15) is 5.69 Å². The van der Waals surface area contributed by atoms with E-state index in [0.717, 1.165) is 18.8 Å². The number of hydrogen-bond donors (Lipinski definition) is 2. The monoisotopic (exact) mass is 225 g/mol. The van der Waals surface area contributed by atoms with E-state index in [1.807, 2.05) is 6.07 Å². The van der Waals surface area contributed by atoms with Crippen molar-refractivity contribution >= 4 is 17.5 Å². The average molecular weight is 226 g/mol. The Morgan fingerprint density at radius 2 is 2.40 bits per heavy atom. The second-order valence-corrected chi connectivity index (χ2v) is 3.98. The molecular weight excluding hydrogens is 214 g/mol. The van der Waals surface area contributed by atoms with Crippen molar-refractivity contribution in [2.45, 2.75) is 6.54 Å². The third-order valence-electron chi connectivity index (χ3n) is 2.38. The van der Waals surface area contributed by atoms with E-state index in [-0.39, 0.29) is 11.8 Å². The molecule has 5 heteroatoms. The highest BCUT2D eigenvalue weighted by molar-refractivity contribution is 6.30. The molecule has 1 saturated heterocycles. The van der Waals surface area contributed by atoms with Gasteiger partial charge in [0.25, 0.3) is 0 Å². The van der Waals surface area contributed by atoms with Crippen LogP contribution in [0.15, 0.2) is 18.3 Å². The Balaban J connectivity index is 1.82. The van der Waals surface area contributed by atoms with Crippen LogP contribution in [0, 0.1) is 5.92 Å². The molecule has 2 N–H and O–H groups in total. The van der Waals surface area contributed by atoms with Crippen molar-refractivity contribution in [3.05, 3.63) is 29.0 Å². The van der Waals surface area contributed by atoms with E-state index in [2.05, 4.69) is 15.6 Å². The lowest BCUT2D eigenvalue weighted by molar-refractivity contribution is -0.126. The first kappa shape index (κ1) is 10.4. The number of rotatable bonds is 3. The maximum atomic E-state index is 11.5. The maximum absolute atomic E-state index is 11.5. The maximum Gasteiger partial charge on any atom is 0.226 e. The Labute approximate surface area is 93.0 Å². The van der Waals surface area contributed by atoms with Gasteiger partial charge in [0.1, 0.15) is 0 Å². The standard InChI is InChI=1S/C10H12ClN3O/c11-8-1-2-9(13-5-8)6-14-10(15)7-3-12-4-7/h1-2,5,7,12H,3-4,6H2,(H,14,15). The van der Waals surface area contributed by atoms with Gasteiger partial charge in [-0.15, -0.1) is 0 Å². The van der Waals surface area contributed by atoms with Crippen LogP contribution in [-0.4, -0.2) is 24.0 Å². The molecule has 15 heavy (non-hydrogen) atoms. The van der Waals surface area contributed by atoms with E-state index in [0.29, 0.717) is 11.6 Å². The molecule has 1 aromatic heterocycles. The van der Waals surface area contributed by atoms with Crippen molar-refractivity contribution in [1.82, 2.24) is 15.6 Å². The zero-order valence-corrected chi connectivity index (χ0v) is 8.92. The number of amides is 1. The lowest BCUT2D eigenvalue weighted by Gasteiger charge is -2.25. The number of nitrogens with zero attached hydrogens (tertiary/aromatic N) is 1. The highest BCUT2D eigenvalue weighted by Crippen LogP contribution is 2.06. The van der Waals surface area contributed by atoms with Gasteiger partial charge in [0, 0.05) is 19.3 Å². The van der Waals surface area contributed by atoms with E-state index < -0.39 is 0 Å². The molecule has 0 aromatic carbocycles. The van der Waals surface area contributed by atoms with Crippen LogP contribution in [0.5, 0.6) is 0 Å². The predicted octanol–water partition coefficient (Wildman–Crippen LogP) is 0.571. The van der Waals surface area contributed by atoms with Gasteiger partial charge in [-0.3, -0.25) is 9.78 Å². The number of hydrogen-bond acceptors (Lipinski definition) is 3. The van der Waals surface area contributed by atoms with Gasteiger partial charge in [0.2, 0.25) is 5.91 Å². The average Bonchev–Trinajstić information content (AvgIpc) is 2.14. The molecule has 1 aromatic rings. The fourth-order valence-electron chi connectivity index (χ4n) is 1.31. The second kappa shape index (κ2) is 4.59. The van der Waals surface area contributed by atoms with Gasteiger partial charge in [-0.25, -0.2) is 0 Å². The van der Waals surface area contributed by atoms with Crippen molar-refractivity contribution in [3.63, 3.8) is 0 Å². The minimum absolute atomic E-state index is 0.0884. The van der Waals surface area contributed by atoms with Gasteiger partial charge in [0.15, 0.2) is 0 Å². The molecule has 1 fully saturated rings. The van der Waals surface area contributed by atoms with Crippen LogP contribution in [-0.2, 0) is 11.3 Å². The van der Waals surface area contributed by atoms with Gasteiger partial charge in [-0.1, -0.05) is 11.6 Å². The van der Waals surface area contributed by atoms with Crippen LogP contribution in [0.3, 0.4) is 0 Å². The molecule has 80 valence electrons. The molecular formula is C10H12ClN3O. The topological polar surface area (TPSA) is 54.0 Å². The summed E-state index contributed by atoms with van der Waals surface area (Å²) in [7, 11) is 0. The Bertz CT molecular complexity index is 348. The molecule has 1 amide bonds. The number of carbonyl (C=O) groups is 1. The third kappa shape index (κ3) is 2.67. The first-order valence-electron chi connectivity index (χ1n) is 4.84. The van der Waals surface area contributed by atoms with Gasteiger partial charge in [-0.2, -0.15) is 0 Å². The minimum Gasteiger partial charge on any atom is -0.350 e. The van der Waals surface area contributed by atoms with Gasteiger partial charge in [0.05, 0.1) is 23.2 Å². The first-order valence-corrected chi connectivity index (χ1v) is 5.22. The summed E-state index contributed by atoms with van der Waals surface area (Å²) in [5.41, 5.74) is 0.819. The number of halogens is 1. The summed E-state index contributed by atoms with van der Waals surface area (Å²) in [5, 5.41) is 6.49. The predicted molar refractivity (Wildman–Crippen MR) is 57.5 cm³/mol. The minimum atomic E-state index is 0.0884. The summed E-state index contributed by atoms with van der Waals surface area (Å²) in [6.45, 7) is 2.02. The third-order valence-corrected chi connectivity index (χ3v) is 2.61. The molecule has 0 aliphatic carbocycles. The zero-order valence-electron chi connectivity index (χ0n) is 8.16. The normalized spacial score (nSPS) is 15.8. The molecule has 2 heterocycles. The van der Waals surface area contributed by atoms with Gasteiger partial charge in [-0.05, 0) is 12.1 Å². The number of nitrogens with one attached hydrogen (secondary N) is 2. The largest absolute Gasteiger partial charge is 0.350 e. The quantitative estimate of drug-likeness (QED) is 0.791. The van der Waals surface area contributed by atoms with Crippen LogP contribution in [0.2, 0.25) is 5.02 Å². The van der Waals surface area contributed by atoms with Crippen molar-refractivity contribution < 1.29 is 4.79 Å². The summed E-state index contributed by atoms with van der Waals surface area (Å²) >= 11 is 5.70. The lowest BCUT2D eigenvalue weighted by atomic mass is 10.0.